The smallest absolute Gasteiger partial charge is 0.250 e. The van der Waals surface area contributed by atoms with Gasteiger partial charge in [-0.05, 0) is 29.2 Å². The predicted octanol–water partition coefficient (Wildman–Crippen LogP) is 4.57. The van der Waals surface area contributed by atoms with Crippen molar-refractivity contribution in [3.05, 3.63) is 58.4 Å². The molecule has 0 fully saturated rings. The molecular weight excluding hydrogens is 338 g/mol. The lowest BCUT2D eigenvalue weighted by Gasteiger charge is -1.97. The van der Waals surface area contributed by atoms with E-state index in [1.165, 1.54) is 6.08 Å². The zero-order valence-corrected chi connectivity index (χ0v) is 13.6. The molecule has 22 heavy (non-hydrogen) atoms. The van der Waals surface area contributed by atoms with Crippen molar-refractivity contribution < 1.29 is 4.79 Å². The number of carbonyl (C=O) groups excluding carboxylic acids is 1. The Labute approximate surface area is 140 Å². The minimum Gasteiger partial charge on any atom is -0.297 e. The molecule has 0 aliphatic rings. The minimum atomic E-state index is -0.270. The van der Waals surface area contributed by atoms with Crippen LogP contribution in [0.2, 0.25) is 5.02 Å². The first-order valence-electron chi connectivity index (χ1n) is 6.33. The van der Waals surface area contributed by atoms with Gasteiger partial charge in [-0.1, -0.05) is 35.9 Å². The van der Waals surface area contributed by atoms with Gasteiger partial charge in [0.15, 0.2) is 5.82 Å². The van der Waals surface area contributed by atoms with E-state index in [1.54, 1.807) is 23.5 Å². The molecule has 1 N–H and O–H groups in total. The molecule has 0 saturated carbocycles. The lowest BCUT2D eigenvalue weighted by molar-refractivity contribution is -0.111. The third-order valence-corrected chi connectivity index (χ3v) is 4.56. The van der Waals surface area contributed by atoms with Crippen LogP contribution >= 0.6 is 34.5 Å². The molecule has 0 saturated heterocycles. The second-order valence-corrected chi connectivity index (χ2v) is 6.35. The van der Waals surface area contributed by atoms with E-state index in [-0.39, 0.29) is 5.91 Å². The average Bonchev–Trinajstić information content (AvgIpc) is 3.17. The number of anilines is 1. The molecule has 0 spiro atoms. The second kappa shape index (κ2) is 6.83. The van der Waals surface area contributed by atoms with Gasteiger partial charge in [0.2, 0.25) is 11.0 Å². The molecule has 0 aliphatic carbocycles. The summed E-state index contributed by atoms with van der Waals surface area (Å²) < 4.78 is 4.23. The van der Waals surface area contributed by atoms with Gasteiger partial charge in [0, 0.05) is 22.6 Å². The number of nitrogens with one attached hydrogen (secondary N) is 1. The molecule has 2 heterocycles. The highest BCUT2D eigenvalue weighted by Crippen LogP contribution is 2.25. The van der Waals surface area contributed by atoms with Crippen molar-refractivity contribution in [1.29, 1.82) is 0 Å². The van der Waals surface area contributed by atoms with Crippen molar-refractivity contribution in [1.82, 2.24) is 9.36 Å². The fourth-order valence-electron chi connectivity index (χ4n) is 1.70. The Balaban J connectivity index is 1.66. The van der Waals surface area contributed by atoms with Crippen molar-refractivity contribution in [3.8, 4) is 10.7 Å². The van der Waals surface area contributed by atoms with Crippen LogP contribution in [0.5, 0.6) is 0 Å². The van der Waals surface area contributed by atoms with Gasteiger partial charge in [0.25, 0.3) is 0 Å². The number of thiophene rings is 1. The van der Waals surface area contributed by atoms with E-state index in [0.717, 1.165) is 22.0 Å². The van der Waals surface area contributed by atoms with Crippen LogP contribution in [0, 0.1) is 0 Å². The second-order valence-electron chi connectivity index (χ2n) is 4.24. The Kier molecular flexibility index (Phi) is 4.62. The molecule has 0 atom stereocenters. The van der Waals surface area contributed by atoms with E-state index >= 15 is 0 Å². The molecule has 1 aromatic carbocycles. The van der Waals surface area contributed by atoms with Crippen LogP contribution in [-0.2, 0) is 4.79 Å². The van der Waals surface area contributed by atoms with E-state index in [2.05, 4.69) is 14.7 Å². The van der Waals surface area contributed by atoms with E-state index in [1.807, 2.05) is 35.7 Å². The number of nitrogens with zero attached hydrogens (tertiary/aromatic N) is 2. The van der Waals surface area contributed by atoms with Crippen LogP contribution in [0.3, 0.4) is 0 Å². The van der Waals surface area contributed by atoms with Gasteiger partial charge in [0.05, 0.1) is 4.88 Å². The number of carbonyl (C=O) groups is 1. The summed E-state index contributed by atoms with van der Waals surface area (Å²) in [5, 5.41) is 5.72. The van der Waals surface area contributed by atoms with Crippen LogP contribution in [0.15, 0.2) is 47.9 Å². The summed E-state index contributed by atoms with van der Waals surface area (Å²) >= 11 is 8.74. The molecule has 0 radical (unpaired) electrons. The first-order valence-corrected chi connectivity index (χ1v) is 8.36. The Morgan fingerprint density at radius 3 is 2.86 bits per heavy atom. The van der Waals surface area contributed by atoms with E-state index in [0.29, 0.717) is 16.0 Å². The molecule has 0 aliphatic heterocycles. The van der Waals surface area contributed by atoms with E-state index in [4.69, 9.17) is 11.6 Å². The van der Waals surface area contributed by atoms with Crippen LogP contribution in [0.25, 0.3) is 16.8 Å². The number of hydrogen-bond acceptors (Lipinski definition) is 5. The normalized spacial score (nSPS) is 11.0. The summed E-state index contributed by atoms with van der Waals surface area (Å²) in [4.78, 5) is 17.2. The Bertz CT molecular complexity index is 812. The largest absolute Gasteiger partial charge is 0.297 e. The van der Waals surface area contributed by atoms with E-state index in [9.17, 15) is 4.79 Å². The quantitative estimate of drug-likeness (QED) is 0.703. The summed E-state index contributed by atoms with van der Waals surface area (Å²) in [6.45, 7) is 0. The average molecular weight is 348 g/mol. The molecule has 3 rings (SSSR count). The molecule has 2 aromatic heterocycles. The first kappa shape index (κ1) is 14.9. The molecule has 1 amide bonds. The van der Waals surface area contributed by atoms with Crippen LogP contribution in [0.1, 0.15) is 5.56 Å². The molecule has 4 nitrogen and oxygen atoms in total. The number of benzene rings is 1. The zero-order valence-electron chi connectivity index (χ0n) is 11.2. The maximum atomic E-state index is 11.9. The lowest BCUT2D eigenvalue weighted by Crippen LogP contribution is -2.07. The minimum absolute atomic E-state index is 0.270. The standard InChI is InChI=1S/C15H10ClN3OS2/c16-11-5-2-1-4-10(11)7-8-13(20)17-15-18-14(19-22-15)12-6-3-9-21-12/h1-9H,(H,17,18,19,20). The third-order valence-electron chi connectivity index (χ3n) is 2.72. The lowest BCUT2D eigenvalue weighted by atomic mass is 10.2. The third kappa shape index (κ3) is 3.59. The highest BCUT2D eigenvalue weighted by Gasteiger charge is 2.08. The summed E-state index contributed by atoms with van der Waals surface area (Å²) in [5.74, 6) is 0.360. The van der Waals surface area contributed by atoms with Gasteiger partial charge in [-0.2, -0.15) is 9.36 Å². The topological polar surface area (TPSA) is 54.9 Å². The number of halogens is 1. The Morgan fingerprint density at radius 1 is 1.23 bits per heavy atom. The monoisotopic (exact) mass is 347 g/mol. The predicted molar refractivity (Wildman–Crippen MR) is 92.3 cm³/mol. The molecule has 0 unspecified atom stereocenters. The van der Waals surface area contributed by atoms with Crippen molar-refractivity contribution in [2.45, 2.75) is 0 Å². The fourth-order valence-corrected chi connectivity index (χ4v) is 3.20. The number of amides is 1. The zero-order chi connectivity index (χ0) is 15.4. The summed E-state index contributed by atoms with van der Waals surface area (Å²) in [6.07, 6.45) is 3.09. The van der Waals surface area contributed by atoms with Crippen molar-refractivity contribution in [2.75, 3.05) is 5.32 Å². The number of rotatable bonds is 4. The van der Waals surface area contributed by atoms with Crippen molar-refractivity contribution >= 4 is 51.6 Å². The van der Waals surface area contributed by atoms with Gasteiger partial charge in [-0.15, -0.1) is 11.3 Å². The number of hydrogen-bond donors (Lipinski definition) is 1. The highest BCUT2D eigenvalue weighted by atomic mass is 35.5. The van der Waals surface area contributed by atoms with Gasteiger partial charge >= 0.3 is 0 Å². The Hall–Kier alpha value is -2.02. The van der Waals surface area contributed by atoms with Crippen LogP contribution in [-0.4, -0.2) is 15.3 Å². The van der Waals surface area contributed by atoms with Crippen molar-refractivity contribution in [2.24, 2.45) is 0 Å². The maximum absolute atomic E-state index is 11.9. The van der Waals surface area contributed by atoms with Gasteiger partial charge in [-0.25, -0.2) is 0 Å². The maximum Gasteiger partial charge on any atom is 0.250 e. The summed E-state index contributed by atoms with van der Waals surface area (Å²) in [7, 11) is 0. The summed E-state index contributed by atoms with van der Waals surface area (Å²) in [6, 6.07) is 11.2. The first-order chi connectivity index (χ1) is 10.7. The molecule has 3 aromatic rings. The van der Waals surface area contributed by atoms with Crippen LogP contribution < -0.4 is 5.32 Å². The highest BCUT2D eigenvalue weighted by molar-refractivity contribution is 7.14. The van der Waals surface area contributed by atoms with Crippen LogP contribution in [0.4, 0.5) is 5.13 Å². The van der Waals surface area contributed by atoms with Gasteiger partial charge < -0.3 is 0 Å². The van der Waals surface area contributed by atoms with Gasteiger partial charge in [-0.3, -0.25) is 10.1 Å². The molecule has 7 heteroatoms. The van der Waals surface area contributed by atoms with E-state index < -0.39 is 0 Å². The van der Waals surface area contributed by atoms with Crippen molar-refractivity contribution in [3.63, 3.8) is 0 Å². The fraction of sp³-hybridized carbons (Fsp3) is 0. The number of aromatic nitrogens is 2. The molecule has 110 valence electrons. The summed E-state index contributed by atoms with van der Waals surface area (Å²) in [5.41, 5.74) is 0.788. The Morgan fingerprint density at radius 2 is 2.09 bits per heavy atom. The molecule has 0 bridgehead atoms. The molecular formula is C15H10ClN3OS2. The van der Waals surface area contributed by atoms with Gasteiger partial charge in [0.1, 0.15) is 0 Å². The SMILES string of the molecule is O=C(C=Cc1ccccc1Cl)Nc1nc(-c2cccs2)ns1.